The topological polar surface area (TPSA) is 52.6 Å². The van der Waals surface area contributed by atoms with Crippen LogP contribution in [0.3, 0.4) is 0 Å². The van der Waals surface area contributed by atoms with Crippen molar-refractivity contribution in [3.63, 3.8) is 0 Å². The summed E-state index contributed by atoms with van der Waals surface area (Å²) in [5, 5.41) is 0. The van der Waals surface area contributed by atoms with Crippen molar-refractivity contribution >= 4 is 11.9 Å². The van der Waals surface area contributed by atoms with Crippen molar-refractivity contribution in [2.45, 2.75) is 99.2 Å². The van der Waals surface area contributed by atoms with Gasteiger partial charge in [0.2, 0.25) is 0 Å². The summed E-state index contributed by atoms with van der Waals surface area (Å²) < 4.78 is 12.1. The molecule has 4 nitrogen and oxygen atoms in total. The molecule has 0 radical (unpaired) electrons. The second-order valence-corrected chi connectivity index (χ2v) is 10.2. The Labute approximate surface area is 170 Å². The van der Waals surface area contributed by atoms with Gasteiger partial charge in [0.25, 0.3) is 0 Å². The monoisotopic (exact) mass is 390 g/mol. The summed E-state index contributed by atoms with van der Waals surface area (Å²) in [5.74, 6) is 0.269. The van der Waals surface area contributed by atoms with Crippen molar-refractivity contribution in [2.75, 3.05) is 0 Å². The van der Waals surface area contributed by atoms with E-state index in [9.17, 15) is 9.59 Å². The van der Waals surface area contributed by atoms with Crippen LogP contribution < -0.4 is 0 Å². The number of hydrogen-bond acceptors (Lipinski definition) is 4. The summed E-state index contributed by atoms with van der Waals surface area (Å²) in [6, 6.07) is 0. The van der Waals surface area contributed by atoms with E-state index < -0.39 is 0 Å². The average Bonchev–Trinajstić information content (AvgIpc) is 3.06. The van der Waals surface area contributed by atoms with Gasteiger partial charge in [-0.05, 0) is 49.9 Å². The van der Waals surface area contributed by atoms with Crippen LogP contribution in [0.2, 0.25) is 0 Å². The van der Waals surface area contributed by atoms with Gasteiger partial charge in [0.05, 0.1) is 0 Å². The van der Waals surface area contributed by atoms with Crippen LogP contribution in [-0.4, -0.2) is 24.1 Å². The van der Waals surface area contributed by atoms with Crippen molar-refractivity contribution in [3.8, 4) is 0 Å². The van der Waals surface area contributed by atoms with Crippen molar-refractivity contribution in [2.24, 2.45) is 28.1 Å². The summed E-state index contributed by atoms with van der Waals surface area (Å²) in [6.07, 6.45) is 8.06. The minimum Gasteiger partial charge on any atom is -0.462 e. The third kappa shape index (κ3) is 3.02. The van der Waals surface area contributed by atoms with Crippen LogP contribution in [0.25, 0.3) is 0 Å². The number of hydrogen-bond donors (Lipinski definition) is 0. The minimum atomic E-state index is -0.232. The summed E-state index contributed by atoms with van der Waals surface area (Å²) in [5.41, 5.74) is 1.11. The van der Waals surface area contributed by atoms with Crippen LogP contribution in [0.15, 0.2) is 11.6 Å². The summed E-state index contributed by atoms with van der Waals surface area (Å²) in [4.78, 5) is 24.2. The molecule has 3 aliphatic carbocycles. The van der Waals surface area contributed by atoms with Gasteiger partial charge in [-0.1, -0.05) is 46.3 Å². The molecule has 0 spiro atoms. The van der Waals surface area contributed by atoms with E-state index in [0.717, 1.165) is 38.5 Å². The fourth-order valence-corrected chi connectivity index (χ4v) is 6.84. The van der Waals surface area contributed by atoms with Gasteiger partial charge in [-0.25, -0.2) is 0 Å². The zero-order chi connectivity index (χ0) is 20.9. The molecule has 0 heterocycles. The van der Waals surface area contributed by atoms with E-state index in [-0.39, 0.29) is 46.3 Å². The molecule has 0 N–H and O–H groups in total. The number of allylic oxidation sites excluding steroid dienone is 1. The van der Waals surface area contributed by atoms with Crippen LogP contribution in [0.1, 0.15) is 87.0 Å². The highest BCUT2D eigenvalue weighted by molar-refractivity contribution is 5.67. The van der Waals surface area contributed by atoms with E-state index in [1.165, 1.54) is 19.4 Å². The predicted octanol–water partition coefficient (Wildman–Crippen LogP) is 5.45. The van der Waals surface area contributed by atoms with Crippen LogP contribution in [0.4, 0.5) is 0 Å². The normalized spacial score (nSPS) is 45.3. The van der Waals surface area contributed by atoms with Crippen LogP contribution in [-0.2, 0) is 19.1 Å². The second kappa shape index (κ2) is 7.18. The molecule has 0 aromatic heterocycles. The van der Waals surface area contributed by atoms with Crippen molar-refractivity contribution in [3.05, 3.63) is 11.6 Å². The maximum Gasteiger partial charge on any atom is 0.302 e. The largest absolute Gasteiger partial charge is 0.462 e. The zero-order valence-corrected chi connectivity index (χ0v) is 18.8. The first-order valence-electron chi connectivity index (χ1n) is 11.1. The fourth-order valence-electron chi connectivity index (χ4n) is 6.84. The van der Waals surface area contributed by atoms with E-state index in [1.54, 1.807) is 0 Å². The maximum absolute atomic E-state index is 12.1. The molecule has 158 valence electrons. The zero-order valence-electron chi connectivity index (χ0n) is 18.8. The first kappa shape index (κ1) is 21.4. The molecule has 0 unspecified atom stereocenters. The lowest BCUT2D eigenvalue weighted by molar-refractivity contribution is -0.186. The van der Waals surface area contributed by atoms with E-state index >= 15 is 0 Å². The third-order valence-corrected chi connectivity index (χ3v) is 8.84. The predicted molar refractivity (Wildman–Crippen MR) is 110 cm³/mol. The first-order chi connectivity index (χ1) is 13.0. The Balaban J connectivity index is 2.21. The molecule has 3 aliphatic rings. The molecule has 0 aromatic rings. The van der Waals surface area contributed by atoms with E-state index in [4.69, 9.17) is 9.47 Å². The fraction of sp³-hybridized carbons (Fsp3) is 0.833. The van der Waals surface area contributed by atoms with Gasteiger partial charge >= 0.3 is 11.9 Å². The summed E-state index contributed by atoms with van der Waals surface area (Å²) in [6.45, 7) is 14.4. The van der Waals surface area contributed by atoms with Gasteiger partial charge in [-0.3, -0.25) is 9.59 Å². The summed E-state index contributed by atoms with van der Waals surface area (Å²) in [7, 11) is 0. The number of carbonyl (C=O) groups excluding carboxylic acids is 2. The molecule has 3 rings (SSSR count). The van der Waals surface area contributed by atoms with Gasteiger partial charge in [-0.2, -0.15) is 0 Å². The molecule has 0 amide bonds. The van der Waals surface area contributed by atoms with Gasteiger partial charge in [0, 0.05) is 30.6 Å². The number of carbonyl (C=O) groups is 2. The van der Waals surface area contributed by atoms with E-state index in [1.807, 2.05) is 0 Å². The lowest BCUT2D eigenvalue weighted by atomic mass is 9.46. The Hall–Kier alpha value is -1.32. The number of esters is 2. The van der Waals surface area contributed by atoms with Crippen LogP contribution in [0, 0.1) is 28.1 Å². The second-order valence-electron chi connectivity index (χ2n) is 10.2. The Kier molecular flexibility index (Phi) is 5.48. The first-order valence-corrected chi connectivity index (χ1v) is 11.1. The smallest absolute Gasteiger partial charge is 0.302 e. The molecular weight excluding hydrogens is 352 g/mol. The minimum absolute atomic E-state index is 0.0383. The highest BCUT2D eigenvalue weighted by Gasteiger charge is 2.63. The third-order valence-electron chi connectivity index (χ3n) is 8.84. The van der Waals surface area contributed by atoms with E-state index in [2.05, 4.69) is 40.7 Å². The molecule has 0 aliphatic heterocycles. The van der Waals surface area contributed by atoms with E-state index in [0.29, 0.717) is 5.92 Å². The van der Waals surface area contributed by atoms with Gasteiger partial charge < -0.3 is 9.47 Å². The molecule has 2 fully saturated rings. The number of rotatable bonds is 3. The van der Waals surface area contributed by atoms with Crippen molar-refractivity contribution < 1.29 is 19.1 Å². The van der Waals surface area contributed by atoms with Crippen molar-refractivity contribution in [1.82, 2.24) is 0 Å². The highest BCUT2D eigenvalue weighted by atomic mass is 16.6. The molecule has 4 heteroatoms. The lowest BCUT2D eigenvalue weighted by Gasteiger charge is -2.61. The Bertz CT molecular complexity index is 682. The van der Waals surface area contributed by atoms with Crippen LogP contribution in [0.5, 0.6) is 0 Å². The Morgan fingerprint density at radius 1 is 1.11 bits per heavy atom. The van der Waals surface area contributed by atoms with Crippen LogP contribution >= 0.6 is 0 Å². The average molecular weight is 391 g/mol. The molecule has 7 atom stereocenters. The van der Waals surface area contributed by atoms with Gasteiger partial charge in [-0.15, -0.1) is 0 Å². The molecule has 0 saturated heterocycles. The summed E-state index contributed by atoms with van der Waals surface area (Å²) >= 11 is 0. The quantitative estimate of drug-likeness (QED) is 0.475. The molecule has 2 saturated carbocycles. The maximum atomic E-state index is 12.1. The van der Waals surface area contributed by atoms with Gasteiger partial charge in [0.1, 0.15) is 12.2 Å². The molecule has 2 bridgehead atoms. The Morgan fingerprint density at radius 3 is 2.32 bits per heavy atom. The molecule has 0 aromatic carbocycles. The SMILES string of the molecule is CC[C@]1(C)C[C@@H](OC(C)=O)[C@@]2(C)C3=CCC[C@@]3(CC[C@H]2C)[C@@H](C)[C@@H]1OC(C)=O. The van der Waals surface area contributed by atoms with Gasteiger partial charge in [0.15, 0.2) is 0 Å². The lowest BCUT2D eigenvalue weighted by Crippen LogP contribution is -2.59. The number of ether oxygens (including phenoxy) is 2. The Morgan fingerprint density at radius 2 is 1.75 bits per heavy atom. The molecular formula is C24H38O4. The highest BCUT2D eigenvalue weighted by Crippen LogP contribution is 2.67. The standard InChI is InChI=1S/C24H38O4/c1-8-22(6)14-20(27-17(4)25)23(7)15(2)11-13-24(12-9-10-19(23)24)16(3)21(22)28-18(5)26/h10,15-16,20-21H,8-9,11-14H2,1-7H3/t15-,16+,20-,21+,22-,23-,24-/m1/s1. The molecule has 28 heavy (non-hydrogen) atoms. The van der Waals surface area contributed by atoms with Crippen molar-refractivity contribution in [1.29, 1.82) is 0 Å².